The van der Waals surface area contributed by atoms with E-state index in [1.54, 1.807) is 0 Å². The molecule has 0 amide bonds. The van der Waals surface area contributed by atoms with Crippen LogP contribution >= 0.6 is 0 Å². The lowest BCUT2D eigenvalue weighted by atomic mass is 9.61. The molecular weight excluding hydrogens is 360 g/mol. The summed E-state index contributed by atoms with van der Waals surface area (Å²) in [6.07, 6.45) is 3.69. The number of rotatable bonds is 6. The molecule has 2 aliphatic carbocycles. The molecule has 0 aliphatic heterocycles. The molecule has 0 aromatic heterocycles. The van der Waals surface area contributed by atoms with Gasteiger partial charge >= 0.3 is 0 Å². The number of hydrogen-bond acceptors (Lipinski definition) is 3. The van der Waals surface area contributed by atoms with Crippen LogP contribution in [0.5, 0.6) is 0 Å². The van der Waals surface area contributed by atoms with E-state index in [1.807, 2.05) is 13.8 Å². The van der Waals surface area contributed by atoms with Gasteiger partial charge in [-0.2, -0.15) is 0 Å². The molecule has 2 aliphatic rings. The van der Waals surface area contributed by atoms with Crippen molar-refractivity contribution in [3.63, 3.8) is 0 Å². The Hall–Kier alpha value is -2.03. The maximum atomic E-state index is 13.7. The molecule has 3 atom stereocenters. The lowest BCUT2D eigenvalue weighted by Gasteiger charge is -2.41. The Kier molecular flexibility index (Phi) is 6.26. The predicted molar refractivity (Wildman–Crippen MR) is 116 cm³/mol. The predicted octanol–water partition coefficient (Wildman–Crippen LogP) is 5.77. The van der Waals surface area contributed by atoms with Gasteiger partial charge in [-0.25, -0.2) is 0 Å². The van der Waals surface area contributed by atoms with Crippen molar-refractivity contribution in [2.24, 2.45) is 17.8 Å². The minimum atomic E-state index is -0.288. The maximum absolute atomic E-state index is 13.7. The largest absolute Gasteiger partial charge is 0.300 e. The summed E-state index contributed by atoms with van der Waals surface area (Å²) in [6, 6.07) is 4.24. The number of benzene rings is 1. The Morgan fingerprint density at radius 3 is 2.45 bits per heavy atom. The van der Waals surface area contributed by atoms with Crippen molar-refractivity contribution in [3.8, 4) is 0 Å². The number of aryl methyl sites for hydroxylation is 1. The van der Waals surface area contributed by atoms with Crippen LogP contribution in [0.4, 0.5) is 0 Å². The van der Waals surface area contributed by atoms with Crippen molar-refractivity contribution >= 4 is 17.3 Å². The molecule has 1 aromatic carbocycles. The third-order valence-corrected chi connectivity index (χ3v) is 6.89. The van der Waals surface area contributed by atoms with Crippen molar-refractivity contribution in [3.05, 3.63) is 45.5 Å². The Bertz CT molecular complexity index is 887. The van der Waals surface area contributed by atoms with Gasteiger partial charge in [0.05, 0.1) is 6.42 Å². The second kappa shape index (κ2) is 8.38. The summed E-state index contributed by atoms with van der Waals surface area (Å²) < 4.78 is 0. The third-order valence-electron chi connectivity index (χ3n) is 6.89. The van der Waals surface area contributed by atoms with Gasteiger partial charge in [-0.15, -0.1) is 0 Å². The van der Waals surface area contributed by atoms with Gasteiger partial charge in [-0.05, 0) is 74.5 Å². The maximum Gasteiger partial charge on any atom is 0.189 e. The fraction of sp³-hybridized carbons (Fsp3) is 0.577. The first-order valence-electron chi connectivity index (χ1n) is 11.1. The van der Waals surface area contributed by atoms with Gasteiger partial charge in [0.2, 0.25) is 0 Å². The van der Waals surface area contributed by atoms with Gasteiger partial charge < -0.3 is 0 Å². The number of ketones is 3. The average Bonchev–Trinajstić information content (AvgIpc) is 2.60. The number of hydrogen-bond donors (Lipinski definition) is 0. The Morgan fingerprint density at radius 2 is 1.86 bits per heavy atom. The van der Waals surface area contributed by atoms with E-state index in [0.717, 1.165) is 48.0 Å². The van der Waals surface area contributed by atoms with Crippen LogP contribution in [-0.2, 0) is 16.0 Å². The molecule has 3 heteroatoms. The van der Waals surface area contributed by atoms with Crippen molar-refractivity contribution in [2.45, 2.75) is 79.6 Å². The van der Waals surface area contributed by atoms with Crippen molar-refractivity contribution in [1.29, 1.82) is 0 Å². The fourth-order valence-corrected chi connectivity index (χ4v) is 5.77. The molecule has 3 unspecified atom stereocenters. The molecule has 0 saturated heterocycles. The molecule has 29 heavy (non-hydrogen) atoms. The minimum Gasteiger partial charge on any atom is -0.300 e. The van der Waals surface area contributed by atoms with Crippen LogP contribution in [0.3, 0.4) is 0 Å². The normalized spacial score (nSPS) is 23.8. The molecule has 0 fully saturated rings. The summed E-state index contributed by atoms with van der Waals surface area (Å²) in [5.41, 5.74) is 6.16. The van der Waals surface area contributed by atoms with Crippen molar-refractivity contribution in [1.82, 2.24) is 0 Å². The van der Waals surface area contributed by atoms with Gasteiger partial charge in [0.25, 0.3) is 0 Å². The summed E-state index contributed by atoms with van der Waals surface area (Å²) in [5, 5.41) is 0. The molecule has 0 bridgehead atoms. The highest BCUT2D eigenvalue weighted by molar-refractivity contribution is 6.13. The van der Waals surface area contributed by atoms with E-state index in [1.165, 1.54) is 18.1 Å². The molecule has 3 nitrogen and oxygen atoms in total. The average molecular weight is 395 g/mol. The molecular formula is C26H34O3. The first-order valence-corrected chi connectivity index (χ1v) is 11.1. The number of allylic oxidation sites excluding steroid dienone is 2. The van der Waals surface area contributed by atoms with Gasteiger partial charge in [-0.3, -0.25) is 14.4 Å². The quantitative estimate of drug-likeness (QED) is 0.575. The zero-order chi connectivity index (χ0) is 21.5. The number of Topliss-reactive ketones (excluding diaryl/α,β-unsaturated/α-hetero) is 3. The number of fused-ring (bicyclic) bond motifs is 2. The van der Waals surface area contributed by atoms with Crippen LogP contribution in [0.2, 0.25) is 0 Å². The van der Waals surface area contributed by atoms with E-state index in [4.69, 9.17) is 0 Å². The first kappa shape index (κ1) is 21.7. The molecule has 0 heterocycles. The number of carbonyl (C=O) groups is 3. The molecule has 0 radical (unpaired) electrons. The van der Waals surface area contributed by atoms with Gasteiger partial charge in [0.15, 0.2) is 5.78 Å². The van der Waals surface area contributed by atoms with Crippen LogP contribution in [-0.4, -0.2) is 17.3 Å². The van der Waals surface area contributed by atoms with Gasteiger partial charge in [0, 0.05) is 17.1 Å². The molecule has 0 spiro atoms. The van der Waals surface area contributed by atoms with Crippen LogP contribution in [0, 0.1) is 24.7 Å². The smallest absolute Gasteiger partial charge is 0.189 e. The molecule has 0 saturated carbocycles. The van der Waals surface area contributed by atoms with Crippen LogP contribution in [0.15, 0.2) is 23.3 Å². The van der Waals surface area contributed by atoms with E-state index in [0.29, 0.717) is 5.92 Å². The van der Waals surface area contributed by atoms with E-state index in [-0.39, 0.29) is 41.5 Å². The van der Waals surface area contributed by atoms with Crippen LogP contribution in [0.25, 0.3) is 0 Å². The second-order valence-electron chi connectivity index (χ2n) is 9.41. The Morgan fingerprint density at radius 1 is 1.17 bits per heavy atom. The lowest BCUT2D eigenvalue weighted by Crippen LogP contribution is -2.38. The van der Waals surface area contributed by atoms with Gasteiger partial charge in [0.1, 0.15) is 11.6 Å². The summed E-state index contributed by atoms with van der Waals surface area (Å²) >= 11 is 0. The monoisotopic (exact) mass is 394 g/mol. The summed E-state index contributed by atoms with van der Waals surface area (Å²) in [5.74, 6) is 0.514. The van der Waals surface area contributed by atoms with E-state index in [9.17, 15) is 14.4 Å². The Labute approximate surface area is 175 Å². The zero-order valence-electron chi connectivity index (χ0n) is 18.7. The summed E-state index contributed by atoms with van der Waals surface area (Å²) in [6.45, 7) is 12.0. The van der Waals surface area contributed by atoms with Gasteiger partial charge in [-0.1, -0.05) is 44.9 Å². The molecule has 3 rings (SSSR count). The second-order valence-corrected chi connectivity index (χ2v) is 9.41. The molecule has 156 valence electrons. The first-order chi connectivity index (χ1) is 13.7. The van der Waals surface area contributed by atoms with E-state index < -0.39 is 0 Å². The van der Waals surface area contributed by atoms with Crippen LogP contribution < -0.4 is 0 Å². The minimum absolute atomic E-state index is 0.00866. The summed E-state index contributed by atoms with van der Waals surface area (Å²) in [7, 11) is 0. The third kappa shape index (κ3) is 3.89. The van der Waals surface area contributed by atoms with E-state index in [2.05, 4.69) is 32.9 Å². The standard InChI is InChI=1S/C26H34O3/c1-7-8-18-12-19-13-21-20(14(2)3)10-9-15(4)23(21)26(29)25(19)17(6)24(18)22(28)11-16(5)27/h9-10,14,18-19,24H,7-8,11-13H2,1-6H3. The SMILES string of the molecule is CCCC1CC2Cc3c(C(C)C)ccc(C)c3C(=O)C2=C(C)C1C(=O)CC(C)=O. The van der Waals surface area contributed by atoms with Crippen molar-refractivity contribution < 1.29 is 14.4 Å². The molecule has 1 aromatic rings. The fourth-order valence-electron chi connectivity index (χ4n) is 5.77. The topological polar surface area (TPSA) is 51.2 Å². The zero-order valence-corrected chi connectivity index (χ0v) is 18.7. The Balaban J connectivity index is 2.14. The highest BCUT2D eigenvalue weighted by Crippen LogP contribution is 2.47. The van der Waals surface area contributed by atoms with Crippen LogP contribution in [0.1, 0.15) is 93.3 Å². The van der Waals surface area contributed by atoms with Crippen molar-refractivity contribution in [2.75, 3.05) is 0 Å². The molecule has 0 N–H and O–H groups in total. The summed E-state index contributed by atoms with van der Waals surface area (Å²) in [4.78, 5) is 38.3. The number of carbonyl (C=O) groups excluding carboxylic acids is 3. The highest BCUT2D eigenvalue weighted by Gasteiger charge is 2.44. The lowest BCUT2D eigenvalue weighted by molar-refractivity contribution is -0.129. The van der Waals surface area contributed by atoms with E-state index >= 15 is 0 Å². The highest BCUT2D eigenvalue weighted by atomic mass is 16.1.